The molecule has 1 fully saturated rings. The van der Waals surface area contributed by atoms with Crippen molar-refractivity contribution in [1.29, 1.82) is 5.26 Å². The summed E-state index contributed by atoms with van der Waals surface area (Å²) in [6.45, 7) is 5.08. The average Bonchev–Trinajstić information content (AvgIpc) is 3.12. The third-order valence-corrected chi connectivity index (χ3v) is 5.91. The highest BCUT2D eigenvalue weighted by Crippen LogP contribution is 2.30. The van der Waals surface area contributed by atoms with E-state index in [4.69, 9.17) is 10.2 Å². The Morgan fingerprint density at radius 1 is 1.23 bits per heavy atom. The molecular weight excluding hydrogens is 412 g/mol. The highest BCUT2D eigenvalue weighted by atomic mass is 35.5. The van der Waals surface area contributed by atoms with E-state index in [9.17, 15) is 4.79 Å². The zero-order valence-electron chi connectivity index (χ0n) is 17.9. The van der Waals surface area contributed by atoms with Crippen LogP contribution in [0.4, 0.5) is 10.5 Å². The molecule has 162 valence electrons. The number of carbonyl (C=O) groups is 1. The number of rotatable bonds is 3. The molecule has 1 saturated heterocycles. The van der Waals surface area contributed by atoms with Gasteiger partial charge in [-0.25, -0.2) is 9.78 Å². The molecule has 2 heterocycles. The summed E-state index contributed by atoms with van der Waals surface area (Å²) >= 11 is 0. The number of aromatic amines is 1. The smallest absolute Gasteiger partial charge is 0.319 e. The van der Waals surface area contributed by atoms with E-state index in [-0.39, 0.29) is 30.5 Å². The molecule has 8 heteroatoms. The Kier molecular flexibility index (Phi) is 6.84. The monoisotopic (exact) mass is 438 g/mol. The van der Waals surface area contributed by atoms with Gasteiger partial charge in [0.05, 0.1) is 28.7 Å². The molecule has 0 aliphatic carbocycles. The maximum absolute atomic E-state index is 12.5. The average molecular weight is 439 g/mol. The number of fused-ring (bicyclic) bond motifs is 1. The number of carbonyl (C=O) groups excluding carboxylic acids is 1. The minimum atomic E-state index is -0.233. The molecule has 0 radical (unpaired) electrons. The maximum Gasteiger partial charge on any atom is 0.319 e. The fourth-order valence-electron chi connectivity index (χ4n) is 3.96. The second-order valence-corrected chi connectivity index (χ2v) is 8.08. The normalized spacial score (nSPS) is 18.8. The van der Waals surface area contributed by atoms with Crippen molar-refractivity contribution < 1.29 is 4.79 Å². The fraction of sp³-hybridized carbons (Fsp3) is 0.348. The van der Waals surface area contributed by atoms with Crippen LogP contribution >= 0.6 is 12.4 Å². The van der Waals surface area contributed by atoms with E-state index in [1.54, 1.807) is 24.3 Å². The number of aromatic nitrogens is 2. The Balaban J connectivity index is 0.00000272. The van der Waals surface area contributed by atoms with Gasteiger partial charge in [-0.2, -0.15) is 5.26 Å². The van der Waals surface area contributed by atoms with E-state index in [0.29, 0.717) is 11.3 Å². The number of likely N-dealkylation sites (tertiary alicyclic amines) is 1. The highest BCUT2D eigenvalue weighted by molar-refractivity contribution is 5.89. The number of anilines is 1. The molecule has 1 aromatic heterocycles. The molecule has 1 aliphatic rings. The van der Waals surface area contributed by atoms with E-state index in [1.807, 2.05) is 0 Å². The molecule has 3 aromatic rings. The van der Waals surface area contributed by atoms with Crippen molar-refractivity contribution in [3.05, 3.63) is 58.9 Å². The summed E-state index contributed by atoms with van der Waals surface area (Å²) in [7, 11) is 2.10. The van der Waals surface area contributed by atoms with E-state index in [0.717, 1.165) is 36.2 Å². The SMILES string of the molecule is Cc1cc2nc([C@H]3C[C@H](NC(=O)Nc4ccc(C#N)cc4)CCN3C)[nH]c2cc1C.Cl. The number of hydrogen-bond donors (Lipinski definition) is 3. The van der Waals surface area contributed by atoms with Gasteiger partial charge < -0.3 is 15.6 Å². The standard InChI is InChI=1S/C23H26N6O.ClH/c1-14-10-19-20(11-15(14)2)28-22(27-19)21-12-18(8-9-29(21)3)26-23(30)25-17-6-4-16(13-24)5-7-17;/h4-7,10-11,18,21H,8-9,12H2,1-3H3,(H,27,28)(H2,25,26,30);1H/t18-,21-;/m1./s1. The number of nitrogens with zero attached hydrogens (tertiary/aromatic N) is 3. The number of H-pyrrole nitrogens is 1. The van der Waals surface area contributed by atoms with Crippen LogP contribution in [0.5, 0.6) is 0 Å². The molecule has 2 amide bonds. The number of imidazole rings is 1. The number of aryl methyl sites for hydroxylation is 2. The van der Waals surface area contributed by atoms with Gasteiger partial charge in [-0.15, -0.1) is 12.4 Å². The van der Waals surface area contributed by atoms with Crippen molar-refractivity contribution >= 4 is 35.2 Å². The number of hydrogen-bond acceptors (Lipinski definition) is 4. The number of piperidine rings is 1. The van der Waals surface area contributed by atoms with Crippen molar-refractivity contribution in [2.45, 2.75) is 38.8 Å². The van der Waals surface area contributed by atoms with Crippen LogP contribution in [0.25, 0.3) is 11.0 Å². The van der Waals surface area contributed by atoms with Crippen LogP contribution in [-0.2, 0) is 0 Å². The largest absolute Gasteiger partial charge is 0.341 e. The Hall–Kier alpha value is -3.08. The van der Waals surface area contributed by atoms with Crippen LogP contribution < -0.4 is 10.6 Å². The Morgan fingerprint density at radius 3 is 2.65 bits per heavy atom. The van der Waals surface area contributed by atoms with E-state index in [2.05, 4.69) is 59.6 Å². The van der Waals surface area contributed by atoms with Crippen LogP contribution in [0.3, 0.4) is 0 Å². The van der Waals surface area contributed by atoms with Crippen LogP contribution in [0, 0.1) is 25.2 Å². The lowest BCUT2D eigenvalue weighted by Crippen LogP contribution is -2.46. The van der Waals surface area contributed by atoms with Crippen molar-refractivity contribution in [1.82, 2.24) is 20.2 Å². The molecule has 2 atom stereocenters. The third kappa shape index (κ3) is 4.98. The number of halogens is 1. The summed E-state index contributed by atoms with van der Waals surface area (Å²) in [6, 6.07) is 13.1. The van der Waals surface area contributed by atoms with Gasteiger partial charge in [0, 0.05) is 18.3 Å². The second-order valence-electron chi connectivity index (χ2n) is 8.08. The Morgan fingerprint density at radius 2 is 1.94 bits per heavy atom. The topological polar surface area (TPSA) is 96.8 Å². The van der Waals surface area contributed by atoms with E-state index in [1.165, 1.54) is 11.1 Å². The molecule has 31 heavy (non-hydrogen) atoms. The second kappa shape index (κ2) is 9.38. The van der Waals surface area contributed by atoms with Crippen LogP contribution in [0.15, 0.2) is 36.4 Å². The number of amides is 2. The molecule has 0 unspecified atom stereocenters. The molecule has 1 aliphatic heterocycles. The molecular formula is C23H27ClN6O. The number of nitriles is 1. The maximum atomic E-state index is 12.5. The molecule has 0 saturated carbocycles. The van der Waals surface area contributed by atoms with Crippen molar-refractivity contribution in [3.8, 4) is 6.07 Å². The summed E-state index contributed by atoms with van der Waals surface area (Å²) in [5.41, 5.74) is 5.74. The van der Waals surface area contributed by atoms with Crippen LogP contribution in [-0.4, -0.2) is 40.5 Å². The lowest BCUT2D eigenvalue weighted by atomic mass is 9.97. The van der Waals surface area contributed by atoms with Gasteiger partial charge in [0.15, 0.2) is 0 Å². The first-order valence-electron chi connectivity index (χ1n) is 10.2. The summed E-state index contributed by atoms with van der Waals surface area (Å²) in [5.74, 6) is 0.941. The lowest BCUT2D eigenvalue weighted by molar-refractivity contribution is 0.153. The first-order chi connectivity index (χ1) is 14.4. The van der Waals surface area contributed by atoms with Gasteiger partial charge in [-0.05, 0) is 81.3 Å². The van der Waals surface area contributed by atoms with Crippen molar-refractivity contribution in [2.75, 3.05) is 18.9 Å². The summed E-state index contributed by atoms with van der Waals surface area (Å²) in [6.07, 6.45) is 1.67. The van der Waals surface area contributed by atoms with Gasteiger partial charge in [0.1, 0.15) is 5.82 Å². The van der Waals surface area contributed by atoms with E-state index >= 15 is 0 Å². The predicted molar refractivity (Wildman–Crippen MR) is 125 cm³/mol. The Bertz CT molecular complexity index is 1080. The van der Waals surface area contributed by atoms with Gasteiger partial charge in [0.2, 0.25) is 0 Å². The Labute approximate surface area is 188 Å². The highest BCUT2D eigenvalue weighted by Gasteiger charge is 2.30. The van der Waals surface area contributed by atoms with Crippen LogP contribution in [0.2, 0.25) is 0 Å². The van der Waals surface area contributed by atoms with Gasteiger partial charge in [-0.1, -0.05) is 0 Å². The molecule has 2 aromatic carbocycles. The van der Waals surface area contributed by atoms with E-state index < -0.39 is 0 Å². The molecule has 0 bridgehead atoms. The number of benzene rings is 2. The van der Waals surface area contributed by atoms with Gasteiger partial charge in [0.25, 0.3) is 0 Å². The molecule has 3 N–H and O–H groups in total. The molecule has 0 spiro atoms. The van der Waals surface area contributed by atoms with Gasteiger partial charge >= 0.3 is 6.03 Å². The fourth-order valence-corrected chi connectivity index (χ4v) is 3.96. The summed E-state index contributed by atoms with van der Waals surface area (Å²) in [5, 5.41) is 14.8. The summed E-state index contributed by atoms with van der Waals surface area (Å²) < 4.78 is 0. The first kappa shape index (κ1) is 22.6. The van der Waals surface area contributed by atoms with Gasteiger partial charge in [-0.3, -0.25) is 4.90 Å². The molecule has 4 rings (SSSR count). The molecule has 7 nitrogen and oxygen atoms in total. The first-order valence-corrected chi connectivity index (χ1v) is 10.2. The lowest BCUT2D eigenvalue weighted by Gasteiger charge is -2.36. The zero-order valence-corrected chi connectivity index (χ0v) is 18.7. The minimum Gasteiger partial charge on any atom is -0.341 e. The van der Waals surface area contributed by atoms with Crippen LogP contribution in [0.1, 0.15) is 41.4 Å². The zero-order chi connectivity index (χ0) is 21.3. The third-order valence-electron chi connectivity index (χ3n) is 5.91. The number of urea groups is 1. The van der Waals surface area contributed by atoms with Crippen molar-refractivity contribution in [2.24, 2.45) is 0 Å². The van der Waals surface area contributed by atoms with Crippen molar-refractivity contribution in [3.63, 3.8) is 0 Å². The minimum absolute atomic E-state index is 0. The number of nitrogens with one attached hydrogen (secondary N) is 3. The predicted octanol–water partition coefficient (Wildman–Crippen LogP) is 4.43. The quantitative estimate of drug-likeness (QED) is 0.563. The summed E-state index contributed by atoms with van der Waals surface area (Å²) in [4.78, 5) is 23.1.